The molecule has 0 saturated carbocycles. The number of hydrogen-bond donors (Lipinski definition) is 1. The van der Waals surface area contributed by atoms with Crippen LogP contribution in [0.2, 0.25) is 0 Å². The summed E-state index contributed by atoms with van der Waals surface area (Å²) in [4.78, 5) is 0. The number of nitrogens with zero attached hydrogens (tertiary/aromatic N) is 2. The molecule has 4 heteroatoms. The van der Waals surface area contributed by atoms with E-state index in [1.807, 2.05) is 12.3 Å². The summed E-state index contributed by atoms with van der Waals surface area (Å²) in [5.41, 5.74) is 2.36. The maximum atomic E-state index is 10.0. The van der Waals surface area contributed by atoms with Gasteiger partial charge in [0.2, 0.25) is 0 Å². The van der Waals surface area contributed by atoms with E-state index in [2.05, 4.69) is 15.9 Å². The monoisotopic (exact) mass is 232 g/mol. The number of hydrogen-bond acceptors (Lipinski definition) is 3. The Balaban J connectivity index is 1.86. The molecule has 0 bridgehead atoms. The van der Waals surface area contributed by atoms with Crippen molar-refractivity contribution >= 4 is 0 Å². The van der Waals surface area contributed by atoms with Crippen LogP contribution in [0.15, 0.2) is 29.2 Å². The van der Waals surface area contributed by atoms with Gasteiger partial charge < -0.3 is 14.2 Å². The topological polar surface area (TPSA) is 51.2 Å². The molecule has 0 aromatic carbocycles. The molecule has 2 heterocycles. The quantitative estimate of drug-likeness (QED) is 0.808. The number of aromatic nitrogens is 2. The molecule has 1 N–H and O–H groups in total. The molecule has 3 rings (SSSR count). The lowest BCUT2D eigenvalue weighted by Gasteiger charge is -2.05. The van der Waals surface area contributed by atoms with E-state index in [0.717, 1.165) is 37.0 Å². The normalized spacial score (nSPS) is 19.9. The minimum Gasteiger partial charge on any atom is -0.388 e. The van der Waals surface area contributed by atoms with E-state index in [1.54, 1.807) is 6.20 Å². The highest BCUT2D eigenvalue weighted by molar-refractivity contribution is 5.28. The van der Waals surface area contributed by atoms with Crippen molar-refractivity contribution in [3.8, 4) is 0 Å². The van der Waals surface area contributed by atoms with Gasteiger partial charge in [-0.1, -0.05) is 11.6 Å². The standard InChI is InChI=1S/C13H16N2O2/c16-13-4-2-1-3-10-7-15(9-12(10)13)8-11-5-6-14-17-11/h5-7,9,13,16H,1-4,8H2. The Morgan fingerprint density at radius 3 is 3.18 bits per heavy atom. The Morgan fingerprint density at radius 2 is 2.35 bits per heavy atom. The van der Waals surface area contributed by atoms with Gasteiger partial charge in [-0.2, -0.15) is 0 Å². The van der Waals surface area contributed by atoms with E-state index in [1.165, 1.54) is 5.56 Å². The molecule has 2 aromatic heterocycles. The second kappa shape index (κ2) is 4.37. The average Bonchev–Trinajstić information content (AvgIpc) is 2.92. The first-order chi connectivity index (χ1) is 8.33. The largest absolute Gasteiger partial charge is 0.388 e. The maximum absolute atomic E-state index is 10.0. The Bertz CT molecular complexity index is 487. The van der Waals surface area contributed by atoms with Crippen LogP contribution in [0, 0.1) is 0 Å². The lowest BCUT2D eigenvalue weighted by Crippen LogP contribution is -1.97. The highest BCUT2D eigenvalue weighted by Gasteiger charge is 2.18. The zero-order valence-electron chi connectivity index (χ0n) is 9.67. The second-order valence-corrected chi connectivity index (χ2v) is 4.65. The van der Waals surface area contributed by atoms with Gasteiger partial charge in [0.25, 0.3) is 0 Å². The Morgan fingerprint density at radius 1 is 1.41 bits per heavy atom. The first-order valence-corrected chi connectivity index (χ1v) is 6.09. The first-order valence-electron chi connectivity index (χ1n) is 6.09. The van der Waals surface area contributed by atoms with Crippen LogP contribution in [0.5, 0.6) is 0 Å². The Kier molecular flexibility index (Phi) is 2.73. The smallest absolute Gasteiger partial charge is 0.156 e. The van der Waals surface area contributed by atoms with Crippen molar-refractivity contribution in [2.75, 3.05) is 0 Å². The minimum absolute atomic E-state index is 0.302. The van der Waals surface area contributed by atoms with Crippen LogP contribution in [0.3, 0.4) is 0 Å². The van der Waals surface area contributed by atoms with Crippen LogP contribution < -0.4 is 0 Å². The van der Waals surface area contributed by atoms with Crippen molar-refractivity contribution < 1.29 is 9.63 Å². The van der Waals surface area contributed by atoms with Crippen molar-refractivity contribution in [3.05, 3.63) is 41.5 Å². The fourth-order valence-electron chi connectivity index (χ4n) is 2.49. The maximum Gasteiger partial charge on any atom is 0.156 e. The molecule has 17 heavy (non-hydrogen) atoms. The fourth-order valence-corrected chi connectivity index (χ4v) is 2.49. The molecule has 0 radical (unpaired) electrons. The summed E-state index contributed by atoms with van der Waals surface area (Å²) in [6, 6.07) is 1.86. The van der Waals surface area contributed by atoms with Crippen LogP contribution in [0.25, 0.3) is 0 Å². The van der Waals surface area contributed by atoms with Crippen LogP contribution in [-0.2, 0) is 13.0 Å². The predicted molar refractivity (Wildman–Crippen MR) is 62.6 cm³/mol. The van der Waals surface area contributed by atoms with Gasteiger partial charge in [-0.3, -0.25) is 0 Å². The molecular formula is C13H16N2O2. The van der Waals surface area contributed by atoms with Crippen molar-refractivity contribution in [2.24, 2.45) is 0 Å². The summed E-state index contributed by atoms with van der Waals surface area (Å²) in [5, 5.41) is 13.7. The van der Waals surface area contributed by atoms with Crippen LogP contribution in [0.4, 0.5) is 0 Å². The van der Waals surface area contributed by atoms with Crippen LogP contribution >= 0.6 is 0 Å². The van der Waals surface area contributed by atoms with Gasteiger partial charge in [0.05, 0.1) is 18.8 Å². The average molecular weight is 232 g/mol. The summed E-state index contributed by atoms with van der Waals surface area (Å²) in [6.07, 6.45) is 9.71. The molecule has 0 spiro atoms. The van der Waals surface area contributed by atoms with E-state index in [9.17, 15) is 5.11 Å². The molecule has 90 valence electrons. The number of rotatable bonds is 2. The third kappa shape index (κ3) is 2.13. The van der Waals surface area contributed by atoms with Crippen LogP contribution in [-0.4, -0.2) is 14.8 Å². The van der Waals surface area contributed by atoms with Crippen molar-refractivity contribution in [1.29, 1.82) is 0 Å². The number of fused-ring (bicyclic) bond motifs is 1. The number of aryl methyl sites for hydroxylation is 1. The third-order valence-corrected chi connectivity index (χ3v) is 3.36. The molecule has 0 saturated heterocycles. The molecule has 0 fully saturated rings. The van der Waals surface area contributed by atoms with E-state index in [4.69, 9.17) is 4.52 Å². The lowest BCUT2D eigenvalue weighted by molar-refractivity contribution is 0.166. The SMILES string of the molecule is OC1CCCCc2cn(Cc3ccno3)cc21. The van der Waals surface area contributed by atoms with E-state index < -0.39 is 0 Å². The van der Waals surface area contributed by atoms with E-state index >= 15 is 0 Å². The summed E-state index contributed by atoms with van der Waals surface area (Å²) in [6.45, 7) is 0.680. The van der Waals surface area contributed by atoms with Gasteiger partial charge in [-0.25, -0.2) is 0 Å². The van der Waals surface area contributed by atoms with Gasteiger partial charge in [0.15, 0.2) is 5.76 Å². The molecule has 1 aliphatic carbocycles. The Labute approximate surface area is 99.9 Å². The van der Waals surface area contributed by atoms with E-state index in [0.29, 0.717) is 6.54 Å². The fraction of sp³-hybridized carbons (Fsp3) is 0.462. The van der Waals surface area contributed by atoms with E-state index in [-0.39, 0.29) is 6.10 Å². The van der Waals surface area contributed by atoms with Gasteiger partial charge >= 0.3 is 0 Å². The molecule has 1 aliphatic rings. The summed E-state index contributed by atoms with van der Waals surface area (Å²) in [5.74, 6) is 0.838. The molecule has 0 aliphatic heterocycles. The van der Waals surface area contributed by atoms with Crippen molar-refractivity contribution in [2.45, 2.75) is 38.3 Å². The van der Waals surface area contributed by atoms with Crippen LogP contribution in [0.1, 0.15) is 42.3 Å². The lowest BCUT2D eigenvalue weighted by atomic mass is 10.1. The second-order valence-electron chi connectivity index (χ2n) is 4.65. The van der Waals surface area contributed by atoms with Gasteiger partial charge in [0, 0.05) is 24.0 Å². The molecular weight excluding hydrogens is 216 g/mol. The molecule has 1 unspecified atom stereocenters. The summed E-state index contributed by atoms with van der Waals surface area (Å²) in [7, 11) is 0. The molecule has 4 nitrogen and oxygen atoms in total. The third-order valence-electron chi connectivity index (χ3n) is 3.36. The molecule has 0 amide bonds. The Hall–Kier alpha value is -1.55. The zero-order valence-corrected chi connectivity index (χ0v) is 9.67. The van der Waals surface area contributed by atoms with Crippen molar-refractivity contribution in [3.63, 3.8) is 0 Å². The predicted octanol–water partition coefficient (Wildman–Crippen LogP) is 2.28. The zero-order chi connectivity index (χ0) is 11.7. The molecule has 2 aromatic rings. The minimum atomic E-state index is -0.302. The summed E-state index contributed by atoms with van der Waals surface area (Å²) < 4.78 is 7.16. The van der Waals surface area contributed by atoms with Crippen molar-refractivity contribution in [1.82, 2.24) is 9.72 Å². The summed E-state index contributed by atoms with van der Waals surface area (Å²) >= 11 is 0. The van der Waals surface area contributed by atoms with Gasteiger partial charge in [0.1, 0.15) is 0 Å². The number of aliphatic hydroxyl groups excluding tert-OH is 1. The highest BCUT2D eigenvalue weighted by atomic mass is 16.5. The van der Waals surface area contributed by atoms with Gasteiger partial charge in [-0.05, 0) is 24.8 Å². The molecule has 1 atom stereocenters. The first kappa shape index (κ1) is 10.6. The number of aliphatic hydroxyl groups is 1. The van der Waals surface area contributed by atoms with Gasteiger partial charge in [-0.15, -0.1) is 0 Å². The highest BCUT2D eigenvalue weighted by Crippen LogP contribution is 2.29.